The first-order chi connectivity index (χ1) is 7.54. The average Bonchev–Trinajstić information content (AvgIpc) is 2.30. The van der Waals surface area contributed by atoms with E-state index in [1.54, 1.807) is 24.3 Å². The first-order valence-corrected chi connectivity index (χ1v) is 5.54. The number of carbonyl (C=O) groups excluding carboxylic acids is 1. The normalized spacial score (nSPS) is 14.4. The molecule has 0 aliphatic rings. The Balaban J connectivity index is 2.60. The zero-order chi connectivity index (χ0) is 12.1. The van der Waals surface area contributed by atoms with Crippen LogP contribution in [0.3, 0.4) is 0 Å². The summed E-state index contributed by atoms with van der Waals surface area (Å²) in [7, 11) is 0. The number of carbonyl (C=O) groups is 1. The SMILES string of the molecule is CCC(C)C(=O)C(O)Cc1ccc(O)cc1. The molecule has 1 aromatic rings. The summed E-state index contributed by atoms with van der Waals surface area (Å²) >= 11 is 0. The van der Waals surface area contributed by atoms with Crippen LogP contribution < -0.4 is 0 Å². The Labute approximate surface area is 95.7 Å². The first-order valence-electron chi connectivity index (χ1n) is 5.54. The fraction of sp³-hybridized carbons (Fsp3) is 0.462. The number of aliphatic hydroxyl groups is 1. The van der Waals surface area contributed by atoms with E-state index < -0.39 is 6.10 Å². The third-order valence-electron chi connectivity index (χ3n) is 2.79. The van der Waals surface area contributed by atoms with E-state index in [1.807, 2.05) is 13.8 Å². The van der Waals surface area contributed by atoms with Crippen molar-refractivity contribution in [3.63, 3.8) is 0 Å². The lowest BCUT2D eigenvalue weighted by atomic mass is 9.95. The van der Waals surface area contributed by atoms with Gasteiger partial charge in [-0.05, 0) is 24.1 Å². The second kappa shape index (κ2) is 5.66. The molecule has 2 N–H and O–H groups in total. The molecule has 0 aliphatic carbocycles. The van der Waals surface area contributed by atoms with Gasteiger partial charge < -0.3 is 10.2 Å². The fourth-order valence-electron chi connectivity index (χ4n) is 1.49. The van der Waals surface area contributed by atoms with Crippen LogP contribution in [-0.2, 0) is 11.2 Å². The number of Topliss-reactive ketones (excluding diaryl/α,β-unsaturated/α-hetero) is 1. The fourth-order valence-corrected chi connectivity index (χ4v) is 1.49. The monoisotopic (exact) mass is 222 g/mol. The standard InChI is InChI=1S/C13H18O3/c1-3-9(2)13(16)12(15)8-10-4-6-11(14)7-5-10/h4-7,9,12,14-15H,3,8H2,1-2H3. The summed E-state index contributed by atoms with van der Waals surface area (Å²) in [6.07, 6.45) is 0.106. The Kier molecular flexibility index (Phi) is 4.50. The van der Waals surface area contributed by atoms with Crippen LogP contribution in [0.4, 0.5) is 0 Å². The van der Waals surface area contributed by atoms with Gasteiger partial charge in [0.15, 0.2) is 5.78 Å². The van der Waals surface area contributed by atoms with Crippen LogP contribution in [-0.4, -0.2) is 22.1 Å². The van der Waals surface area contributed by atoms with Crippen molar-refractivity contribution in [2.24, 2.45) is 5.92 Å². The van der Waals surface area contributed by atoms with Gasteiger partial charge in [-0.2, -0.15) is 0 Å². The Morgan fingerprint density at radius 2 is 1.88 bits per heavy atom. The molecule has 16 heavy (non-hydrogen) atoms. The predicted octanol–water partition coefficient (Wildman–Crippen LogP) is 1.91. The van der Waals surface area contributed by atoms with E-state index in [4.69, 9.17) is 5.11 Å². The molecule has 3 nitrogen and oxygen atoms in total. The van der Waals surface area contributed by atoms with E-state index in [9.17, 15) is 9.90 Å². The van der Waals surface area contributed by atoms with Crippen LogP contribution in [0, 0.1) is 5.92 Å². The Hall–Kier alpha value is -1.35. The van der Waals surface area contributed by atoms with Gasteiger partial charge in [-0.25, -0.2) is 0 Å². The molecule has 0 spiro atoms. The number of aromatic hydroxyl groups is 1. The largest absolute Gasteiger partial charge is 0.508 e. The molecule has 0 aliphatic heterocycles. The van der Waals surface area contributed by atoms with Crippen LogP contribution in [0.2, 0.25) is 0 Å². The van der Waals surface area contributed by atoms with Gasteiger partial charge in [-0.15, -0.1) is 0 Å². The Bertz CT molecular complexity index is 343. The van der Waals surface area contributed by atoms with Crippen molar-refractivity contribution in [3.8, 4) is 5.75 Å². The number of hydrogen-bond acceptors (Lipinski definition) is 3. The maximum absolute atomic E-state index is 11.6. The van der Waals surface area contributed by atoms with Gasteiger partial charge in [0.05, 0.1) is 0 Å². The van der Waals surface area contributed by atoms with Crippen molar-refractivity contribution < 1.29 is 15.0 Å². The van der Waals surface area contributed by atoms with Crippen molar-refractivity contribution in [2.45, 2.75) is 32.8 Å². The lowest BCUT2D eigenvalue weighted by molar-refractivity contribution is -0.130. The third-order valence-corrected chi connectivity index (χ3v) is 2.79. The van der Waals surface area contributed by atoms with E-state index in [2.05, 4.69) is 0 Å². The molecule has 0 amide bonds. The summed E-state index contributed by atoms with van der Waals surface area (Å²) < 4.78 is 0. The predicted molar refractivity (Wildman–Crippen MR) is 62.3 cm³/mol. The van der Waals surface area contributed by atoms with E-state index in [0.29, 0.717) is 6.42 Å². The number of phenols is 1. The average molecular weight is 222 g/mol. The van der Waals surface area contributed by atoms with Gasteiger partial charge in [-0.3, -0.25) is 4.79 Å². The molecule has 88 valence electrons. The number of ketones is 1. The molecule has 2 atom stereocenters. The van der Waals surface area contributed by atoms with E-state index in [1.165, 1.54) is 0 Å². The molecule has 3 heteroatoms. The van der Waals surface area contributed by atoms with Crippen molar-refractivity contribution in [3.05, 3.63) is 29.8 Å². The van der Waals surface area contributed by atoms with Gasteiger partial charge in [-0.1, -0.05) is 26.0 Å². The molecular weight excluding hydrogens is 204 g/mol. The summed E-state index contributed by atoms with van der Waals surface area (Å²) in [6, 6.07) is 6.52. The molecule has 0 bridgehead atoms. The second-order valence-electron chi connectivity index (χ2n) is 4.10. The molecule has 1 aromatic carbocycles. The number of benzene rings is 1. The molecule has 0 heterocycles. The third kappa shape index (κ3) is 3.35. The lowest BCUT2D eigenvalue weighted by Crippen LogP contribution is -2.28. The number of aliphatic hydroxyl groups excluding tert-OH is 1. The maximum atomic E-state index is 11.6. The minimum Gasteiger partial charge on any atom is -0.508 e. The quantitative estimate of drug-likeness (QED) is 0.800. The van der Waals surface area contributed by atoms with Gasteiger partial charge >= 0.3 is 0 Å². The van der Waals surface area contributed by atoms with E-state index in [0.717, 1.165) is 12.0 Å². The number of hydrogen-bond donors (Lipinski definition) is 2. The second-order valence-corrected chi connectivity index (χ2v) is 4.10. The van der Waals surface area contributed by atoms with Crippen molar-refractivity contribution in [1.29, 1.82) is 0 Å². The molecule has 0 aromatic heterocycles. The van der Waals surface area contributed by atoms with Crippen LogP contribution in [0.1, 0.15) is 25.8 Å². The highest BCUT2D eigenvalue weighted by Crippen LogP contribution is 2.14. The summed E-state index contributed by atoms with van der Waals surface area (Å²) in [6.45, 7) is 3.75. The molecule has 0 fully saturated rings. The van der Waals surface area contributed by atoms with E-state index in [-0.39, 0.29) is 17.5 Å². The molecule has 0 saturated carbocycles. The van der Waals surface area contributed by atoms with Crippen LogP contribution >= 0.6 is 0 Å². The van der Waals surface area contributed by atoms with Crippen molar-refractivity contribution in [1.82, 2.24) is 0 Å². The highest BCUT2D eigenvalue weighted by molar-refractivity contribution is 5.85. The summed E-state index contributed by atoms with van der Waals surface area (Å²) in [5.41, 5.74) is 0.849. The number of phenolic OH excluding ortho intramolecular Hbond substituents is 1. The van der Waals surface area contributed by atoms with Gasteiger partial charge in [0.25, 0.3) is 0 Å². The van der Waals surface area contributed by atoms with Gasteiger partial charge in [0.1, 0.15) is 11.9 Å². The van der Waals surface area contributed by atoms with Crippen molar-refractivity contribution in [2.75, 3.05) is 0 Å². The highest BCUT2D eigenvalue weighted by Gasteiger charge is 2.20. The maximum Gasteiger partial charge on any atom is 0.164 e. The minimum atomic E-state index is -0.945. The molecule has 0 saturated heterocycles. The number of rotatable bonds is 5. The van der Waals surface area contributed by atoms with Crippen LogP contribution in [0.25, 0.3) is 0 Å². The zero-order valence-corrected chi connectivity index (χ0v) is 9.68. The van der Waals surface area contributed by atoms with Crippen LogP contribution in [0.5, 0.6) is 5.75 Å². The lowest BCUT2D eigenvalue weighted by Gasteiger charge is -2.13. The summed E-state index contributed by atoms with van der Waals surface area (Å²) in [4.78, 5) is 11.6. The van der Waals surface area contributed by atoms with E-state index >= 15 is 0 Å². The zero-order valence-electron chi connectivity index (χ0n) is 9.68. The highest BCUT2D eigenvalue weighted by atomic mass is 16.3. The molecule has 0 radical (unpaired) electrons. The Morgan fingerprint density at radius 3 is 2.38 bits per heavy atom. The first kappa shape index (κ1) is 12.7. The van der Waals surface area contributed by atoms with Gasteiger partial charge in [0, 0.05) is 12.3 Å². The molecule has 2 unspecified atom stereocenters. The summed E-state index contributed by atoms with van der Waals surface area (Å²) in [5, 5.41) is 18.8. The van der Waals surface area contributed by atoms with Crippen molar-refractivity contribution >= 4 is 5.78 Å². The Morgan fingerprint density at radius 1 is 1.31 bits per heavy atom. The molecule has 1 rings (SSSR count). The smallest absolute Gasteiger partial charge is 0.164 e. The minimum absolute atomic E-state index is 0.105. The van der Waals surface area contributed by atoms with Gasteiger partial charge in [0.2, 0.25) is 0 Å². The van der Waals surface area contributed by atoms with Crippen LogP contribution in [0.15, 0.2) is 24.3 Å². The topological polar surface area (TPSA) is 57.5 Å². The summed E-state index contributed by atoms with van der Waals surface area (Å²) in [5.74, 6) is -0.0332. The molecular formula is C13H18O3.